The van der Waals surface area contributed by atoms with E-state index < -0.39 is 0 Å². The van der Waals surface area contributed by atoms with E-state index in [1.54, 1.807) is 7.11 Å². The molecule has 3 aromatic carbocycles. The summed E-state index contributed by atoms with van der Waals surface area (Å²) in [6.07, 6.45) is 2.05. The average molecular weight is 518 g/mol. The number of nitrogens with one attached hydrogen (secondary N) is 1. The van der Waals surface area contributed by atoms with Gasteiger partial charge >= 0.3 is 6.03 Å². The summed E-state index contributed by atoms with van der Waals surface area (Å²) in [5.41, 5.74) is 7.75. The molecule has 0 spiro atoms. The third kappa shape index (κ3) is 4.46. The molecule has 0 saturated heterocycles. The number of nitrogens with zero attached hydrogens (tertiary/aromatic N) is 4. The molecule has 3 heterocycles. The zero-order chi connectivity index (χ0) is 27.1. The van der Waals surface area contributed by atoms with E-state index in [2.05, 4.69) is 22.0 Å². The van der Waals surface area contributed by atoms with E-state index >= 15 is 0 Å². The summed E-state index contributed by atoms with van der Waals surface area (Å²) in [5, 5.41) is 8.11. The van der Waals surface area contributed by atoms with Crippen LogP contribution in [-0.4, -0.2) is 32.4 Å². The molecule has 1 atom stereocenters. The van der Waals surface area contributed by atoms with Gasteiger partial charge in [0, 0.05) is 17.4 Å². The predicted octanol–water partition coefficient (Wildman–Crippen LogP) is 6.73. The van der Waals surface area contributed by atoms with E-state index in [4.69, 9.17) is 9.84 Å². The first-order valence-corrected chi connectivity index (χ1v) is 13.0. The Labute approximate surface area is 228 Å². The quantitative estimate of drug-likeness (QED) is 0.287. The van der Waals surface area contributed by atoms with Crippen molar-refractivity contribution in [1.82, 2.24) is 19.2 Å². The molecule has 0 bridgehead atoms. The second kappa shape index (κ2) is 9.83. The van der Waals surface area contributed by atoms with Crippen molar-refractivity contribution in [2.45, 2.75) is 33.4 Å². The maximum atomic E-state index is 14.2. The number of anilines is 1. The summed E-state index contributed by atoms with van der Waals surface area (Å²) in [4.78, 5) is 16.1. The minimum atomic E-state index is -0.364. The van der Waals surface area contributed by atoms with Crippen LogP contribution in [0.15, 0.2) is 91.1 Å². The van der Waals surface area contributed by atoms with E-state index in [1.807, 2.05) is 109 Å². The summed E-state index contributed by atoms with van der Waals surface area (Å²) < 4.78 is 9.70. The Hall–Kier alpha value is -4.78. The molecule has 0 aliphatic carbocycles. The van der Waals surface area contributed by atoms with Gasteiger partial charge in [-0.1, -0.05) is 36.4 Å². The molecule has 1 aliphatic rings. The monoisotopic (exact) mass is 517 g/mol. The zero-order valence-electron chi connectivity index (χ0n) is 22.6. The smallest absolute Gasteiger partial charge is 0.322 e. The SMILES string of the molecule is COc1cccc(C2c3cccn3-c3c(c(C)nn3-c3ccccc3)CN2C(=O)Nc2cc(C)cc(C)c2)c1. The lowest BCUT2D eigenvalue weighted by molar-refractivity contribution is 0.194. The van der Waals surface area contributed by atoms with Gasteiger partial charge in [-0.15, -0.1) is 0 Å². The molecule has 39 heavy (non-hydrogen) atoms. The molecule has 7 nitrogen and oxygen atoms in total. The summed E-state index contributed by atoms with van der Waals surface area (Å²) >= 11 is 0. The summed E-state index contributed by atoms with van der Waals surface area (Å²) in [7, 11) is 1.66. The van der Waals surface area contributed by atoms with Gasteiger partial charge in [-0.05, 0) is 86.0 Å². The number of benzene rings is 3. The maximum Gasteiger partial charge on any atom is 0.322 e. The van der Waals surface area contributed by atoms with E-state index in [9.17, 15) is 4.79 Å². The van der Waals surface area contributed by atoms with Crippen molar-refractivity contribution in [1.29, 1.82) is 0 Å². The number of hydrogen-bond acceptors (Lipinski definition) is 3. The first-order valence-electron chi connectivity index (χ1n) is 13.0. The molecule has 0 radical (unpaired) electrons. The molecule has 1 aliphatic heterocycles. The molecule has 5 aromatic rings. The molecule has 1 N–H and O–H groups in total. The minimum absolute atomic E-state index is 0.180. The van der Waals surface area contributed by atoms with Crippen LogP contribution in [0.5, 0.6) is 5.75 Å². The Balaban J connectivity index is 1.54. The van der Waals surface area contributed by atoms with Crippen molar-refractivity contribution in [3.8, 4) is 17.3 Å². The van der Waals surface area contributed by atoms with Gasteiger partial charge in [0.2, 0.25) is 0 Å². The molecule has 0 fully saturated rings. The van der Waals surface area contributed by atoms with Crippen molar-refractivity contribution < 1.29 is 9.53 Å². The molecular weight excluding hydrogens is 486 g/mol. The van der Waals surface area contributed by atoms with E-state index in [1.165, 1.54) is 0 Å². The van der Waals surface area contributed by atoms with Crippen molar-refractivity contribution in [3.63, 3.8) is 0 Å². The summed E-state index contributed by atoms with van der Waals surface area (Å²) in [6, 6.07) is 27.7. The second-order valence-electron chi connectivity index (χ2n) is 10.1. The Kier molecular flexibility index (Phi) is 6.19. The number of rotatable bonds is 4. The molecule has 2 amide bonds. The first kappa shape index (κ1) is 24.6. The highest BCUT2D eigenvalue weighted by atomic mass is 16.5. The topological polar surface area (TPSA) is 64.3 Å². The van der Waals surface area contributed by atoms with Gasteiger partial charge in [-0.2, -0.15) is 5.10 Å². The molecule has 196 valence electrons. The molecule has 7 heteroatoms. The van der Waals surface area contributed by atoms with Gasteiger partial charge in [0.15, 0.2) is 0 Å². The van der Waals surface area contributed by atoms with Crippen LogP contribution in [0.1, 0.15) is 39.7 Å². The highest BCUT2D eigenvalue weighted by molar-refractivity contribution is 5.90. The molecule has 6 rings (SSSR count). The first-order chi connectivity index (χ1) is 18.9. The molecule has 2 aromatic heterocycles. The normalized spacial score (nSPS) is 14.4. The number of carbonyl (C=O) groups is 1. The fourth-order valence-electron chi connectivity index (χ4n) is 5.55. The Morgan fingerprint density at radius 3 is 2.44 bits per heavy atom. The number of para-hydroxylation sites is 1. The number of aromatic nitrogens is 3. The van der Waals surface area contributed by atoms with Crippen LogP contribution in [0.3, 0.4) is 0 Å². The zero-order valence-corrected chi connectivity index (χ0v) is 22.6. The third-order valence-electron chi connectivity index (χ3n) is 7.23. The summed E-state index contributed by atoms with van der Waals surface area (Å²) in [6.45, 7) is 6.46. The van der Waals surface area contributed by atoms with Gasteiger partial charge in [-0.25, -0.2) is 9.48 Å². The van der Waals surface area contributed by atoms with Crippen LogP contribution < -0.4 is 10.1 Å². The van der Waals surface area contributed by atoms with Gasteiger partial charge in [0.05, 0.1) is 36.8 Å². The standard InChI is InChI=1S/C32H31N5O2/c1-21-16-22(2)18-25(17-21)33-32(38)36-20-28-23(3)34-37(26-11-6-5-7-12-26)31(28)35-15-9-14-29(35)30(36)24-10-8-13-27(19-24)39-4/h5-19,30H,20H2,1-4H3,(H,33,38). The largest absolute Gasteiger partial charge is 0.497 e. The summed E-state index contributed by atoms with van der Waals surface area (Å²) in [5.74, 6) is 1.68. The lowest BCUT2D eigenvalue weighted by atomic mass is 10.0. The van der Waals surface area contributed by atoms with E-state index in [0.717, 1.165) is 56.6 Å². The number of fused-ring (bicyclic) bond motifs is 3. The fourth-order valence-corrected chi connectivity index (χ4v) is 5.55. The van der Waals surface area contributed by atoms with Crippen LogP contribution in [0.25, 0.3) is 11.5 Å². The highest BCUT2D eigenvalue weighted by Crippen LogP contribution is 2.39. The minimum Gasteiger partial charge on any atom is -0.497 e. The van der Waals surface area contributed by atoms with Crippen LogP contribution in [0.2, 0.25) is 0 Å². The van der Waals surface area contributed by atoms with Crippen molar-refractivity contribution in [2.24, 2.45) is 0 Å². The van der Waals surface area contributed by atoms with E-state index in [-0.39, 0.29) is 12.1 Å². The van der Waals surface area contributed by atoms with Gasteiger partial charge in [-0.3, -0.25) is 0 Å². The third-order valence-corrected chi connectivity index (χ3v) is 7.23. The van der Waals surface area contributed by atoms with Crippen molar-refractivity contribution in [2.75, 3.05) is 12.4 Å². The van der Waals surface area contributed by atoms with Crippen LogP contribution in [0.4, 0.5) is 10.5 Å². The van der Waals surface area contributed by atoms with Gasteiger partial charge < -0.3 is 19.5 Å². The van der Waals surface area contributed by atoms with Gasteiger partial charge in [0.25, 0.3) is 0 Å². The second-order valence-corrected chi connectivity index (χ2v) is 10.1. The molecule has 1 unspecified atom stereocenters. The van der Waals surface area contributed by atoms with Crippen molar-refractivity contribution >= 4 is 11.7 Å². The average Bonchev–Trinajstić information content (AvgIpc) is 3.49. The van der Waals surface area contributed by atoms with Crippen LogP contribution in [-0.2, 0) is 6.54 Å². The lowest BCUT2D eigenvalue weighted by Gasteiger charge is -2.31. The number of ether oxygens (including phenoxy) is 1. The highest BCUT2D eigenvalue weighted by Gasteiger charge is 2.36. The number of urea groups is 1. The Morgan fingerprint density at radius 1 is 0.923 bits per heavy atom. The lowest BCUT2D eigenvalue weighted by Crippen LogP contribution is -2.38. The van der Waals surface area contributed by atoms with E-state index in [0.29, 0.717) is 6.54 Å². The molecule has 0 saturated carbocycles. The molecular formula is C32H31N5O2. The number of methoxy groups -OCH3 is 1. The maximum absolute atomic E-state index is 14.2. The Bertz CT molecular complexity index is 1650. The predicted molar refractivity (Wildman–Crippen MR) is 153 cm³/mol. The number of hydrogen-bond donors (Lipinski definition) is 1. The fraction of sp³-hybridized carbons (Fsp3) is 0.188. The van der Waals surface area contributed by atoms with Crippen LogP contribution >= 0.6 is 0 Å². The number of aryl methyl sites for hydroxylation is 3. The van der Waals surface area contributed by atoms with Gasteiger partial charge in [0.1, 0.15) is 11.6 Å². The van der Waals surface area contributed by atoms with Crippen LogP contribution in [0, 0.1) is 20.8 Å². The van der Waals surface area contributed by atoms with Crippen molar-refractivity contribution in [3.05, 3.63) is 125 Å². The number of amides is 2. The Morgan fingerprint density at radius 2 is 1.69 bits per heavy atom. The number of carbonyl (C=O) groups excluding carboxylic acids is 1.